The Balaban J connectivity index is 7.83. The number of hydrogen-bond donors (Lipinski definition) is 3. The normalized spacial score (nSPS) is 15.1. The number of aliphatic hydroxyl groups is 3. The molecule has 0 heterocycles. The fraction of sp³-hybridized carbons (Fsp3) is 0.810. The second kappa shape index (κ2) is 10.7. The predicted octanol–water partition coefficient (Wildman–Crippen LogP) is 3.00. The van der Waals surface area contributed by atoms with Crippen LogP contribution in [-0.2, 0) is 23.9 Å². The minimum absolute atomic E-state index is 0.954. The maximum atomic E-state index is 13.9. The summed E-state index contributed by atoms with van der Waals surface area (Å²) in [6, 6.07) is 0. The Morgan fingerprint density at radius 1 is 0.697 bits per heavy atom. The average Bonchev–Trinajstić information content (AvgIpc) is 2.62. The molecule has 192 valence electrons. The van der Waals surface area contributed by atoms with Crippen LogP contribution in [0.25, 0.3) is 0 Å². The summed E-state index contributed by atoms with van der Waals surface area (Å²) in [6.07, 6.45) is -2.30. The molecule has 0 rings (SSSR count). The maximum absolute atomic E-state index is 13.9. The summed E-state index contributed by atoms with van der Waals surface area (Å²) in [5.41, 5.74) is -5.64. The van der Waals surface area contributed by atoms with Crippen molar-refractivity contribution >= 4 is 87.0 Å². The number of halogens is 4. The van der Waals surface area contributed by atoms with E-state index in [1.807, 2.05) is 0 Å². The first-order chi connectivity index (χ1) is 14.4. The molecule has 0 aliphatic rings. The summed E-state index contributed by atoms with van der Waals surface area (Å²) in [7, 11) is 0. The molecular weight excluding hydrogens is 700 g/mol. The molecule has 0 radical (unpaired) electrons. The van der Waals surface area contributed by atoms with Gasteiger partial charge in [-0.25, -0.2) is 0 Å². The molecule has 0 aliphatic heterocycles. The molecule has 1 unspecified atom stereocenters. The van der Waals surface area contributed by atoms with E-state index in [4.69, 9.17) is 4.74 Å². The van der Waals surface area contributed by atoms with Crippen molar-refractivity contribution < 1.29 is 39.2 Å². The number of aliphatic hydroxyl groups excluding tert-OH is 3. The number of alkyl halides is 4. The van der Waals surface area contributed by atoms with Crippen molar-refractivity contribution in [1.82, 2.24) is 0 Å². The van der Waals surface area contributed by atoms with Crippen molar-refractivity contribution in [3.05, 3.63) is 0 Å². The van der Waals surface area contributed by atoms with Crippen LogP contribution in [0.1, 0.15) is 55.4 Å². The lowest BCUT2D eigenvalue weighted by molar-refractivity contribution is -0.214. The molecule has 1 atom stereocenters. The molecule has 3 N–H and O–H groups in total. The van der Waals surface area contributed by atoms with Gasteiger partial charge in [-0.15, -0.1) is 0 Å². The molecule has 0 aromatic rings. The zero-order chi connectivity index (χ0) is 27.0. The molecule has 8 nitrogen and oxygen atoms in total. The number of carbonyl (C=O) groups is 4. The quantitative estimate of drug-likeness (QED) is 0.158. The topological polar surface area (TPSA) is 138 Å². The summed E-state index contributed by atoms with van der Waals surface area (Å²) in [5.74, 6) is -4.22. The monoisotopic (exact) mass is 728 g/mol. The van der Waals surface area contributed by atoms with Gasteiger partial charge < -0.3 is 20.1 Å². The van der Waals surface area contributed by atoms with Gasteiger partial charge >= 0.3 is 5.97 Å². The average molecular weight is 732 g/mol. The van der Waals surface area contributed by atoms with E-state index >= 15 is 0 Å². The standard InChI is InChI=1S/C21H32Br4O8/c1-16(2,22)11(28)12(29)20(9-26,10-27)21(13(30)17(3,4)23,14(31)18(5,6)24)33-15(32)19(7,8)25/h12,26-27,29H,9-10H2,1-8H3. The van der Waals surface area contributed by atoms with Gasteiger partial charge in [0.2, 0.25) is 17.2 Å². The molecule has 0 aromatic carbocycles. The Kier molecular flexibility index (Phi) is 10.8. The number of Topliss-reactive ketones (excluding diaryl/α,β-unsaturated/α-hetero) is 3. The second-order valence-corrected chi connectivity index (χ2v) is 17.8. The molecule has 0 saturated heterocycles. The second-order valence-electron chi connectivity index (χ2n) is 9.86. The Morgan fingerprint density at radius 2 is 1.03 bits per heavy atom. The van der Waals surface area contributed by atoms with Crippen molar-refractivity contribution in [2.75, 3.05) is 13.2 Å². The van der Waals surface area contributed by atoms with Gasteiger partial charge in [0.1, 0.15) is 15.8 Å². The molecule has 33 heavy (non-hydrogen) atoms. The van der Waals surface area contributed by atoms with Crippen LogP contribution < -0.4 is 0 Å². The molecule has 12 heteroatoms. The highest BCUT2D eigenvalue weighted by molar-refractivity contribution is 9.10. The van der Waals surface area contributed by atoms with Crippen LogP contribution in [-0.4, -0.2) is 80.9 Å². The van der Waals surface area contributed by atoms with Gasteiger partial charge in [0.25, 0.3) is 0 Å². The van der Waals surface area contributed by atoms with Gasteiger partial charge in [-0.3, -0.25) is 19.2 Å². The van der Waals surface area contributed by atoms with Crippen LogP contribution in [0.3, 0.4) is 0 Å². The summed E-state index contributed by atoms with van der Waals surface area (Å²) in [5, 5.41) is 32.2. The Labute approximate surface area is 228 Å². The fourth-order valence-electron chi connectivity index (χ4n) is 3.06. The molecule has 0 fully saturated rings. The minimum Gasteiger partial charge on any atom is -0.441 e. The van der Waals surface area contributed by atoms with Crippen molar-refractivity contribution in [3.8, 4) is 0 Å². The maximum Gasteiger partial charge on any atom is 0.323 e. The minimum atomic E-state index is -2.99. The fourth-order valence-corrected chi connectivity index (χ4v) is 3.92. The first kappa shape index (κ1) is 33.3. The highest BCUT2D eigenvalue weighted by Gasteiger charge is 2.72. The van der Waals surface area contributed by atoms with E-state index in [0.29, 0.717) is 0 Å². The van der Waals surface area contributed by atoms with Crippen LogP contribution in [0, 0.1) is 5.41 Å². The van der Waals surface area contributed by atoms with Crippen LogP contribution in [0.4, 0.5) is 0 Å². The van der Waals surface area contributed by atoms with Crippen LogP contribution in [0.2, 0.25) is 0 Å². The lowest BCUT2D eigenvalue weighted by atomic mass is 9.60. The largest absolute Gasteiger partial charge is 0.441 e. The molecular formula is C21H32Br4O8. The van der Waals surface area contributed by atoms with Crippen molar-refractivity contribution in [2.24, 2.45) is 5.41 Å². The van der Waals surface area contributed by atoms with Gasteiger partial charge in [-0.1, -0.05) is 63.7 Å². The van der Waals surface area contributed by atoms with E-state index in [-0.39, 0.29) is 0 Å². The van der Waals surface area contributed by atoms with Gasteiger partial charge in [-0.05, 0) is 55.4 Å². The number of esters is 1. The van der Waals surface area contributed by atoms with E-state index in [9.17, 15) is 34.5 Å². The van der Waals surface area contributed by atoms with Crippen LogP contribution in [0.5, 0.6) is 0 Å². The van der Waals surface area contributed by atoms with Crippen molar-refractivity contribution in [1.29, 1.82) is 0 Å². The Bertz CT molecular complexity index is 752. The van der Waals surface area contributed by atoms with Crippen molar-refractivity contribution in [3.63, 3.8) is 0 Å². The zero-order valence-corrected chi connectivity index (χ0v) is 26.2. The Hall–Kier alpha value is 0.280. The highest BCUT2D eigenvalue weighted by Crippen LogP contribution is 2.48. The van der Waals surface area contributed by atoms with E-state index in [2.05, 4.69) is 63.7 Å². The number of ketones is 3. The number of rotatable bonds is 12. The highest BCUT2D eigenvalue weighted by atomic mass is 79.9. The third-order valence-electron chi connectivity index (χ3n) is 5.07. The predicted molar refractivity (Wildman–Crippen MR) is 138 cm³/mol. The summed E-state index contributed by atoms with van der Waals surface area (Å²) in [4.78, 5) is 54.0. The molecule has 0 aliphatic carbocycles. The number of carbonyl (C=O) groups excluding carboxylic acids is 4. The first-order valence-corrected chi connectivity index (χ1v) is 13.1. The number of ether oxygens (including phenoxy) is 1. The summed E-state index contributed by atoms with van der Waals surface area (Å²) < 4.78 is -0.286. The van der Waals surface area contributed by atoms with E-state index in [1.165, 1.54) is 55.4 Å². The SMILES string of the molecule is CC(C)(Br)C(=O)OC(C(=O)C(C)(C)Br)(C(=O)C(C)(C)Br)C(CO)(CO)C(O)C(=O)C(C)(C)Br. The van der Waals surface area contributed by atoms with E-state index in [1.54, 1.807) is 0 Å². The molecule has 0 amide bonds. The molecule has 0 bridgehead atoms. The van der Waals surface area contributed by atoms with Gasteiger partial charge in [0.05, 0.1) is 26.2 Å². The lowest BCUT2D eigenvalue weighted by Crippen LogP contribution is -2.75. The zero-order valence-electron chi connectivity index (χ0n) is 19.9. The molecule has 0 aromatic heterocycles. The summed E-state index contributed by atoms with van der Waals surface area (Å²) in [6.45, 7) is 8.58. The van der Waals surface area contributed by atoms with E-state index in [0.717, 1.165) is 0 Å². The van der Waals surface area contributed by atoms with Crippen LogP contribution >= 0.6 is 63.7 Å². The third-order valence-corrected chi connectivity index (χ3v) is 6.51. The lowest BCUT2D eigenvalue weighted by Gasteiger charge is -2.51. The molecule has 0 spiro atoms. The van der Waals surface area contributed by atoms with Gasteiger partial charge in [0, 0.05) is 0 Å². The van der Waals surface area contributed by atoms with E-state index < -0.39 is 70.9 Å². The number of hydrogen-bond acceptors (Lipinski definition) is 8. The molecule has 0 saturated carbocycles. The Morgan fingerprint density at radius 3 is 1.24 bits per heavy atom. The van der Waals surface area contributed by atoms with Gasteiger partial charge in [0.15, 0.2) is 5.78 Å². The summed E-state index contributed by atoms with van der Waals surface area (Å²) >= 11 is 12.6. The smallest absolute Gasteiger partial charge is 0.323 e. The third kappa shape index (κ3) is 6.74. The van der Waals surface area contributed by atoms with Gasteiger partial charge in [-0.2, -0.15) is 0 Å². The van der Waals surface area contributed by atoms with Crippen LogP contribution in [0.15, 0.2) is 0 Å². The van der Waals surface area contributed by atoms with Crippen molar-refractivity contribution in [2.45, 2.75) is 84.4 Å². The first-order valence-electron chi connectivity index (χ1n) is 9.91.